The Morgan fingerprint density at radius 1 is 1.50 bits per heavy atom. The Labute approximate surface area is 107 Å². The lowest BCUT2D eigenvalue weighted by Gasteiger charge is -2.38. The lowest BCUT2D eigenvalue weighted by Crippen LogP contribution is -2.33. The molecule has 0 unspecified atom stereocenters. The van der Waals surface area contributed by atoms with Crippen LogP contribution in [0.25, 0.3) is 0 Å². The van der Waals surface area contributed by atoms with E-state index in [1.54, 1.807) is 6.07 Å². The number of aromatic carboxylic acids is 1. The zero-order chi connectivity index (χ0) is 13.3. The van der Waals surface area contributed by atoms with Gasteiger partial charge in [0.25, 0.3) is 0 Å². The number of carboxylic acids is 1. The monoisotopic (exact) mass is 248 g/mol. The number of carboxylic acid groups (broad SMARTS) is 1. The van der Waals surface area contributed by atoms with Gasteiger partial charge < -0.3 is 16.2 Å². The zero-order valence-corrected chi connectivity index (χ0v) is 10.9. The molecule has 1 aliphatic rings. The molecule has 18 heavy (non-hydrogen) atoms. The van der Waals surface area contributed by atoms with E-state index in [1.807, 2.05) is 13.0 Å². The number of aryl methyl sites for hydroxylation is 1. The summed E-state index contributed by atoms with van der Waals surface area (Å²) in [5.41, 5.74) is 8.29. The lowest BCUT2D eigenvalue weighted by molar-refractivity contribution is 0.0698. The summed E-state index contributed by atoms with van der Waals surface area (Å²) in [7, 11) is 0. The molecule has 4 nitrogen and oxygen atoms in total. The molecule has 1 aromatic carbocycles. The van der Waals surface area contributed by atoms with Crippen molar-refractivity contribution in [1.82, 2.24) is 0 Å². The van der Waals surface area contributed by atoms with Crippen LogP contribution < -0.4 is 11.1 Å². The summed E-state index contributed by atoms with van der Waals surface area (Å²) in [5, 5.41) is 12.4. The highest BCUT2D eigenvalue weighted by molar-refractivity contribution is 5.95. The molecule has 1 fully saturated rings. The molecule has 0 amide bonds. The van der Waals surface area contributed by atoms with Gasteiger partial charge in [0.2, 0.25) is 0 Å². The summed E-state index contributed by atoms with van der Waals surface area (Å²) in [6.07, 6.45) is 3.76. The van der Waals surface area contributed by atoms with Crippen molar-refractivity contribution >= 4 is 17.3 Å². The summed E-state index contributed by atoms with van der Waals surface area (Å²) < 4.78 is 0. The van der Waals surface area contributed by atoms with Gasteiger partial charge in [-0.3, -0.25) is 0 Å². The molecule has 0 radical (unpaired) electrons. The average Bonchev–Trinajstić information content (AvgIpc) is 2.27. The summed E-state index contributed by atoms with van der Waals surface area (Å²) >= 11 is 0. The second kappa shape index (κ2) is 4.52. The molecule has 4 heteroatoms. The minimum atomic E-state index is -0.978. The van der Waals surface area contributed by atoms with E-state index in [0.29, 0.717) is 11.1 Å². The average molecular weight is 248 g/mol. The second-order valence-corrected chi connectivity index (χ2v) is 5.58. The van der Waals surface area contributed by atoms with Crippen molar-refractivity contribution in [3.05, 3.63) is 23.3 Å². The lowest BCUT2D eigenvalue weighted by atomic mass is 9.70. The largest absolute Gasteiger partial charge is 0.478 e. The maximum atomic E-state index is 11.1. The number of hydrogen-bond donors (Lipinski definition) is 3. The highest BCUT2D eigenvalue weighted by atomic mass is 16.4. The van der Waals surface area contributed by atoms with E-state index in [9.17, 15) is 4.79 Å². The van der Waals surface area contributed by atoms with Crippen LogP contribution in [0, 0.1) is 12.3 Å². The minimum Gasteiger partial charge on any atom is -0.478 e. The molecule has 98 valence electrons. The molecular weight excluding hydrogens is 228 g/mol. The van der Waals surface area contributed by atoms with Gasteiger partial charge in [-0.1, -0.05) is 13.3 Å². The van der Waals surface area contributed by atoms with Gasteiger partial charge in [0, 0.05) is 17.9 Å². The van der Waals surface area contributed by atoms with E-state index in [4.69, 9.17) is 10.8 Å². The van der Waals surface area contributed by atoms with Crippen molar-refractivity contribution in [2.45, 2.75) is 33.1 Å². The van der Waals surface area contributed by atoms with Gasteiger partial charge in [0.05, 0.1) is 5.56 Å². The van der Waals surface area contributed by atoms with Gasteiger partial charge in [0.1, 0.15) is 0 Å². The van der Waals surface area contributed by atoms with Crippen LogP contribution in [0.3, 0.4) is 0 Å². The maximum Gasteiger partial charge on any atom is 0.337 e. The molecule has 0 atom stereocenters. The molecule has 0 heterocycles. The Hall–Kier alpha value is -1.71. The Balaban J connectivity index is 2.15. The van der Waals surface area contributed by atoms with Crippen molar-refractivity contribution in [3.63, 3.8) is 0 Å². The second-order valence-electron chi connectivity index (χ2n) is 5.58. The maximum absolute atomic E-state index is 11.1. The smallest absolute Gasteiger partial charge is 0.337 e. The van der Waals surface area contributed by atoms with Crippen molar-refractivity contribution < 1.29 is 9.90 Å². The van der Waals surface area contributed by atoms with Crippen molar-refractivity contribution in [2.75, 3.05) is 17.6 Å². The van der Waals surface area contributed by atoms with E-state index in [0.717, 1.165) is 17.8 Å². The molecule has 2 rings (SSSR count). The molecule has 4 N–H and O–H groups in total. The Morgan fingerprint density at radius 2 is 2.17 bits per heavy atom. The normalized spacial score (nSPS) is 17.0. The van der Waals surface area contributed by atoms with Crippen LogP contribution in [0.15, 0.2) is 12.1 Å². The number of nitrogen functional groups attached to an aromatic ring is 1. The van der Waals surface area contributed by atoms with E-state index in [1.165, 1.54) is 19.3 Å². The zero-order valence-electron chi connectivity index (χ0n) is 10.9. The van der Waals surface area contributed by atoms with Crippen LogP contribution in [-0.2, 0) is 0 Å². The summed E-state index contributed by atoms with van der Waals surface area (Å²) in [5.74, 6) is -0.978. The highest BCUT2D eigenvalue weighted by Gasteiger charge is 2.31. The van der Waals surface area contributed by atoms with Crippen LogP contribution >= 0.6 is 0 Å². The summed E-state index contributed by atoms with van der Waals surface area (Å²) in [4.78, 5) is 11.1. The fourth-order valence-corrected chi connectivity index (χ4v) is 2.35. The first-order valence-corrected chi connectivity index (χ1v) is 6.29. The van der Waals surface area contributed by atoms with E-state index in [-0.39, 0.29) is 5.56 Å². The van der Waals surface area contributed by atoms with Gasteiger partial charge in [0.15, 0.2) is 0 Å². The molecule has 0 aromatic heterocycles. The first kappa shape index (κ1) is 12.7. The SMILES string of the molecule is Cc1cc(NCC2(C)CCC2)cc(C(=O)O)c1N. The van der Waals surface area contributed by atoms with Crippen molar-refractivity contribution in [1.29, 1.82) is 0 Å². The summed E-state index contributed by atoms with van der Waals surface area (Å²) in [6, 6.07) is 3.52. The third-order valence-electron chi connectivity index (χ3n) is 3.90. The summed E-state index contributed by atoms with van der Waals surface area (Å²) in [6.45, 7) is 4.97. The third kappa shape index (κ3) is 2.42. The van der Waals surface area contributed by atoms with E-state index in [2.05, 4.69) is 12.2 Å². The number of benzene rings is 1. The fraction of sp³-hybridized carbons (Fsp3) is 0.500. The van der Waals surface area contributed by atoms with Gasteiger partial charge in [-0.15, -0.1) is 0 Å². The van der Waals surface area contributed by atoms with E-state index >= 15 is 0 Å². The number of carbonyl (C=O) groups is 1. The van der Waals surface area contributed by atoms with Crippen LogP contribution in [0.2, 0.25) is 0 Å². The quantitative estimate of drug-likeness (QED) is 0.716. The van der Waals surface area contributed by atoms with Crippen LogP contribution in [0.4, 0.5) is 11.4 Å². The van der Waals surface area contributed by atoms with E-state index < -0.39 is 5.97 Å². The molecule has 1 aliphatic carbocycles. The van der Waals surface area contributed by atoms with Gasteiger partial charge >= 0.3 is 5.97 Å². The van der Waals surface area contributed by atoms with Gasteiger partial charge in [-0.25, -0.2) is 4.79 Å². The predicted molar refractivity (Wildman–Crippen MR) is 73.0 cm³/mol. The van der Waals surface area contributed by atoms with Crippen LogP contribution in [0.5, 0.6) is 0 Å². The number of nitrogens with two attached hydrogens (primary N) is 1. The molecule has 0 spiro atoms. The van der Waals surface area contributed by atoms with Crippen molar-refractivity contribution in [2.24, 2.45) is 5.41 Å². The fourth-order valence-electron chi connectivity index (χ4n) is 2.35. The number of nitrogens with one attached hydrogen (secondary N) is 1. The molecule has 0 aliphatic heterocycles. The van der Waals surface area contributed by atoms with Gasteiger partial charge in [-0.2, -0.15) is 0 Å². The third-order valence-corrected chi connectivity index (χ3v) is 3.90. The Bertz CT molecular complexity index is 479. The van der Waals surface area contributed by atoms with Crippen molar-refractivity contribution in [3.8, 4) is 0 Å². The van der Waals surface area contributed by atoms with Gasteiger partial charge in [-0.05, 0) is 42.9 Å². The Morgan fingerprint density at radius 3 is 2.67 bits per heavy atom. The highest BCUT2D eigenvalue weighted by Crippen LogP contribution is 2.40. The number of rotatable bonds is 4. The topological polar surface area (TPSA) is 75.3 Å². The first-order valence-electron chi connectivity index (χ1n) is 6.29. The van der Waals surface area contributed by atoms with Crippen LogP contribution in [-0.4, -0.2) is 17.6 Å². The number of hydrogen-bond acceptors (Lipinski definition) is 3. The Kier molecular flexibility index (Phi) is 3.20. The van der Waals surface area contributed by atoms with Crippen LogP contribution in [0.1, 0.15) is 42.1 Å². The molecular formula is C14H20N2O2. The minimum absolute atomic E-state index is 0.177. The molecule has 0 saturated heterocycles. The predicted octanol–water partition coefficient (Wildman–Crippen LogP) is 2.88. The standard InChI is InChI=1S/C14H20N2O2/c1-9-6-10(7-11(12(9)15)13(17)18)16-8-14(2)4-3-5-14/h6-7,16H,3-5,8,15H2,1-2H3,(H,17,18). The molecule has 1 saturated carbocycles. The molecule has 0 bridgehead atoms. The molecule has 1 aromatic rings. The first-order chi connectivity index (χ1) is 8.41. The number of anilines is 2.